The molecule has 1 aromatic rings. The molecule has 1 rings (SSSR count). The fourth-order valence-electron chi connectivity index (χ4n) is 1.37. The first kappa shape index (κ1) is 16.1. The predicted octanol–water partition coefficient (Wildman–Crippen LogP) is 3.63. The van der Waals surface area contributed by atoms with Crippen molar-refractivity contribution in [3.05, 3.63) is 35.1 Å². The molecule has 98 valence electrons. The SMILES string of the molecule is Cl.N[C@H](CCF)c1ccc(F)cc1C(F)(F)F. The van der Waals surface area contributed by atoms with Crippen molar-refractivity contribution < 1.29 is 22.0 Å². The van der Waals surface area contributed by atoms with Crippen LogP contribution in [0, 0.1) is 5.82 Å². The van der Waals surface area contributed by atoms with Gasteiger partial charge in [-0.05, 0) is 24.1 Å². The van der Waals surface area contributed by atoms with Crippen molar-refractivity contribution in [3.8, 4) is 0 Å². The predicted molar refractivity (Wildman–Crippen MR) is 56.2 cm³/mol. The number of hydrogen-bond acceptors (Lipinski definition) is 1. The van der Waals surface area contributed by atoms with E-state index in [1.807, 2.05) is 0 Å². The van der Waals surface area contributed by atoms with Crippen LogP contribution >= 0.6 is 12.4 Å². The van der Waals surface area contributed by atoms with Crippen molar-refractivity contribution in [3.63, 3.8) is 0 Å². The van der Waals surface area contributed by atoms with Gasteiger partial charge in [0.1, 0.15) is 5.82 Å². The Morgan fingerprint density at radius 3 is 2.29 bits per heavy atom. The summed E-state index contributed by atoms with van der Waals surface area (Å²) >= 11 is 0. The van der Waals surface area contributed by atoms with Gasteiger partial charge in [0.25, 0.3) is 0 Å². The highest BCUT2D eigenvalue weighted by Gasteiger charge is 2.34. The van der Waals surface area contributed by atoms with Crippen LogP contribution in [0.2, 0.25) is 0 Å². The number of alkyl halides is 4. The van der Waals surface area contributed by atoms with Crippen LogP contribution in [0.5, 0.6) is 0 Å². The fourth-order valence-corrected chi connectivity index (χ4v) is 1.37. The maximum absolute atomic E-state index is 12.7. The van der Waals surface area contributed by atoms with E-state index in [1.54, 1.807) is 0 Å². The first-order chi connectivity index (χ1) is 7.36. The van der Waals surface area contributed by atoms with E-state index in [0.29, 0.717) is 6.07 Å². The minimum absolute atomic E-state index is 0. The van der Waals surface area contributed by atoms with Crippen LogP contribution in [-0.2, 0) is 6.18 Å². The van der Waals surface area contributed by atoms with E-state index in [0.717, 1.165) is 12.1 Å². The molecule has 1 nitrogen and oxygen atoms in total. The minimum Gasteiger partial charge on any atom is -0.324 e. The van der Waals surface area contributed by atoms with E-state index in [9.17, 15) is 22.0 Å². The zero-order valence-corrected chi connectivity index (χ0v) is 9.42. The van der Waals surface area contributed by atoms with Gasteiger partial charge in [0, 0.05) is 6.04 Å². The molecule has 0 heterocycles. The van der Waals surface area contributed by atoms with E-state index in [4.69, 9.17) is 5.73 Å². The molecule has 17 heavy (non-hydrogen) atoms. The molecule has 2 N–H and O–H groups in total. The van der Waals surface area contributed by atoms with Crippen molar-refractivity contribution in [2.24, 2.45) is 5.73 Å². The molecule has 0 aliphatic carbocycles. The lowest BCUT2D eigenvalue weighted by Gasteiger charge is -2.17. The Hall–Kier alpha value is -0.880. The standard InChI is InChI=1S/C10H10F5N.ClH/c11-4-3-9(16)7-2-1-6(12)5-8(7)10(13,14)15;/h1-2,5,9H,3-4,16H2;1H/t9-;/m1./s1. The summed E-state index contributed by atoms with van der Waals surface area (Å²) in [6.45, 7) is -0.824. The summed E-state index contributed by atoms with van der Waals surface area (Å²) < 4.78 is 62.3. The lowest BCUT2D eigenvalue weighted by atomic mass is 9.98. The molecular formula is C10H11ClF5N. The van der Waals surface area contributed by atoms with Gasteiger partial charge >= 0.3 is 6.18 Å². The molecule has 0 unspecified atom stereocenters. The van der Waals surface area contributed by atoms with E-state index in [-0.39, 0.29) is 24.4 Å². The highest BCUT2D eigenvalue weighted by atomic mass is 35.5. The number of nitrogens with two attached hydrogens (primary N) is 1. The smallest absolute Gasteiger partial charge is 0.324 e. The van der Waals surface area contributed by atoms with Gasteiger partial charge in [0.15, 0.2) is 0 Å². The molecule has 1 atom stereocenters. The van der Waals surface area contributed by atoms with Gasteiger partial charge in [0.2, 0.25) is 0 Å². The van der Waals surface area contributed by atoms with E-state index >= 15 is 0 Å². The van der Waals surface area contributed by atoms with Crippen molar-refractivity contribution in [2.75, 3.05) is 6.67 Å². The second-order valence-corrected chi connectivity index (χ2v) is 3.31. The Bertz CT molecular complexity index is 366. The topological polar surface area (TPSA) is 26.0 Å². The molecule has 0 bridgehead atoms. The normalized spacial score (nSPS) is 13.1. The molecular weight excluding hydrogens is 265 g/mol. The summed E-state index contributed by atoms with van der Waals surface area (Å²) in [5, 5.41) is 0. The zero-order valence-electron chi connectivity index (χ0n) is 8.60. The number of rotatable bonds is 3. The molecule has 0 aliphatic heterocycles. The lowest BCUT2D eigenvalue weighted by Crippen LogP contribution is -2.18. The molecule has 0 aromatic heterocycles. The highest BCUT2D eigenvalue weighted by Crippen LogP contribution is 2.35. The molecule has 0 spiro atoms. The Morgan fingerprint density at radius 1 is 1.24 bits per heavy atom. The molecule has 1 aromatic carbocycles. The zero-order chi connectivity index (χ0) is 12.3. The summed E-state index contributed by atoms with van der Waals surface area (Å²) in [6, 6.07) is 1.11. The van der Waals surface area contributed by atoms with Crippen LogP contribution in [0.25, 0.3) is 0 Å². The summed E-state index contributed by atoms with van der Waals surface area (Å²) in [6.07, 6.45) is -4.92. The van der Waals surface area contributed by atoms with Gasteiger partial charge < -0.3 is 5.73 Å². The Morgan fingerprint density at radius 2 is 1.82 bits per heavy atom. The molecule has 0 radical (unpaired) electrons. The largest absolute Gasteiger partial charge is 0.416 e. The molecule has 7 heteroatoms. The summed E-state index contributed by atoms with van der Waals surface area (Å²) in [5.74, 6) is -0.997. The fraction of sp³-hybridized carbons (Fsp3) is 0.400. The van der Waals surface area contributed by atoms with Gasteiger partial charge in [-0.15, -0.1) is 12.4 Å². The third-order valence-corrected chi connectivity index (χ3v) is 2.14. The first-order valence-corrected chi connectivity index (χ1v) is 4.54. The Labute approximate surface area is 101 Å². The van der Waals surface area contributed by atoms with Crippen molar-refractivity contribution in [2.45, 2.75) is 18.6 Å². The quantitative estimate of drug-likeness (QED) is 0.838. The third-order valence-electron chi connectivity index (χ3n) is 2.14. The van der Waals surface area contributed by atoms with Gasteiger partial charge in [-0.1, -0.05) is 6.07 Å². The summed E-state index contributed by atoms with van der Waals surface area (Å²) in [4.78, 5) is 0. The van der Waals surface area contributed by atoms with E-state index in [2.05, 4.69) is 0 Å². The Kier molecular flexibility index (Phi) is 5.84. The average molecular weight is 276 g/mol. The van der Waals surface area contributed by atoms with Gasteiger partial charge in [-0.3, -0.25) is 4.39 Å². The molecule has 0 saturated heterocycles. The minimum atomic E-state index is -4.69. The van der Waals surface area contributed by atoms with Crippen molar-refractivity contribution in [1.82, 2.24) is 0 Å². The third kappa shape index (κ3) is 4.12. The lowest BCUT2D eigenvalue weighted by molar-refractivity contribution is -0.138. The van der Waals surface area contributed by atoms with Gasteiger partial charge in [-0.2, -0.15) is 13.2 Å². The highest BCUT2D eigenvalue weighted by molar-refractivity contribution is 5.85. The summed E-state index contributed by atoms with van der Waals surface area (Å²) in [7, 11) is 0. The maximum atomic E-state index is 12.7. The Balaban J connectivity index is 0.00000256. The van der Waals surface area contributed by atoms with E-state index < -0.39 is 30.3 Å². The second kappa shape index (κ2) is 6.16. The van der Waals surface area contributed by atoms with Crippen LogP contribution in [0.4, 0.5) is 22.0 Å². The first-order valence-electron chi connectivity index (χ1n) is 4.54. The monoisotopic (exact) mass is 275 g/mol. The van der Waals surface area contributed by atoms with Crippen LogP contribution in [-0.4, -0.2) is 6.67 Å². The van der Waals surface area contributed by atoms with Crippen LogP contribution < -0.4 is 5.73 Å². The van der Waals surface area contributed by atoms with Crippen molar-refractivity contribution >= 4 is 12.4 Å². The number of hydrogen-bond donors (Lipinski definition) is 1. The van der Waals surface area contributed by atoms with E-state index in [1.165, 1.54) is 0 Å². The molecule has 0 saturated carbocycles. The van der Waals surface area contributed by atoms with Gasteiger partial charge in [0.05, 0.1) is 12.2 Å². The summed E-state index contributed by atoms with van der Waals surface area (Å²) in [5.41, 5.74) is 3.96. The number of benzene rings is 1. The van der Waals surface area contributed by atoms with Crippen molar-refractivity contribution in [1.29, 1.82) is 0 Å². The van der Waals surface area contributed by atoms with Gasteiger partial charge in [-0.25, -0.2) is 4.39 Å². The van der Waals surface area contributed by atoms with Crippen LogP contribution in [0.1, 0.15) is 23.6 Å². The maximum Gasteiger partial charge on any atom is 0.416 e. The number of halogens is 6. The molecule has 0 fully saturated rings. The second-order valence-electron chi connectivity index (χ2n) is 3.31. The molecule has 0 aliphatic rings. The van der Waals surface area contributed by atoms with Crippen LogP contribution in [0.3, 0.4) is 0 Å². The van der Waals surface area contributed by atoms with Crippen LogP contribution in [0.15, 0.2) is 18.2 Å². The molecule has 0 amide bonds. The average Bonchev–Trinajstić information content (AvgIpc) is 2.16.